The van der Waals surface area contributed by atoms with E-state index in [1.807, 2.05) is 29.9 Å². The summed E-state index contributed by atoms with van der Waals surface area (Å²) in [6.07, 6.45) is 3.02. The molecule has 1 N–H and O–H groups in total. The average Bonchev–Trinajstić information content (AvgIpc) is 2.69. The van der Waals surface area contributed by atoms with Crippen LogP contribution in [0.2, 0.25) is 0 Å². The minimum Gasteiger partial charge on any atom is -0.379 e. The molecular formula is C13H15Br2N3. The van der Waals surface area contributed by atoms with Gasteiger partial charge >= 0.3 is 0 Å². The summed E-state index contributed by atoms with van der Waals surface area (Å²) in [6.45, 7) is 2.90. The van der Waals surface area contributed by atoms with Crippen LogP contribution in [-0.4, -0.2) is 9.78 Å². The van der Waals surface area contributed by atoms with Gasteiger partial charge in [0.2, 0.25) is 0 Å². The smallest absolute Gasteiger partial charge is 0.0671 e. The van der Waals surface area contributed by atoms with Gasteiger partial charge in [0.15, 0.2) is 0 Å². The molecule has 5 heteroatoms. The van der Waals surface area contributed by atoms with Crippen LogP contribution in [0, 0.1) is 0 Å². The van der Waals surface area contributed by atoms with E-state index in [9.17, 15) is 0 Å². The van der Waals surface area contributed by atoms with Crippen molar-refractivity contribution in [1.29, 1.82) is 0 Å². The molecule has 0 radical (unpaired) electrons. The highest BCUT2D eigenvalue weighted by Crippen LogP contribution is 2.31. The Bertz CT molecular complexity index is 529. The van der Waals surface area contributed by atoms with Crippen molar-refractivity contribution >= 4 is 37.5 Å². The number of hydrogen-bond acceptors (Lipinski definition) is 2. The van der Waals surface area contributed by atoms with Gasteiger partial charge in [-0.2, -0.15) is 5.10 Å². The number of nitrogens with zero attached hydrogens (tertiary/aromatic N) is 2. The summed E-state index contributed by atoms with van der Waals surface area (Å²) in [5.74, 6) is 0. The first-order valence-electron chi connectivity index (χ1n) is 5.81. The highest BCUT2D eigenvalue weighted by Gasteiger charge is 2.08. The van der Waals surface area contributed by atoms with Crippen LogP contribution in [0.4, 0.5) is 5.69 Å². The summed E-state index contributed by atoms with van der Waals surface area (Å²) in [6, 6.07) is 6.05. The number of nitrogens with one attached hydrogen (secondary N) is 1. The summed E-state index contributed by atoms with van der Waals surface area (Å²) in [5.41, 5.74) is 3.46. The summed E-state index contributed by atoms with van der Waals surface area (Å²) in [5, 5.41) is 7.88. The van der Waals surface area contributed by atoms with Gasteiger partial charge in [0.1, 0.15) is 0 Å². The minimum atomic E-state index is 0.776. The zero-order valence-corrected chi connectivity index (χ0v) is 13.5. The fourth-order valence-electron chi connectivity index (χ4n) is 1.88. The van der Waals surface area contributed by atoms with E-state index < -0.39 is 0 Å². The fraction of sp³-hybridized carbons (Fsp3) is 0.308. The van der Waals surface area contributed by atoms with Gasteiger partial charge in [-0.05, 0) is 50.4 Å². The van der Waals surface area contributed by atoms with E-state index in [1.54, 1.807) is 0 Å². The van der Waals surface area contributed by atoms with Gasteiger partial charge in [-0.3, -0.25) is 4.68 Å². The molecule has 1 aromatic carbocycles. The molecule has 18 heavy (non-hydrogen) atoms. The number of para-hydroxylation sites is 1. The van der Waals surface area contributed by atoms with E-state index >= 15 is 0 Å². The Morgan fingerprint density at radius 3 is 2.56 bits per heavy atom. The van der Waals surface area contributed by atoms with Crippen molar-refractivity contribution in [3.05, 3.63) is 44.6 Å². The molecular weight excluding hydrogens is 358 g/mol. The molecule has 1 heterocycles. The van der Waals surface area contributed by atoms with Crippen LogP contribution in [0.25, 0.3) is 0 Å². The van der Waals surface area contributed by atoms with Gasteiger partial charge in [-0.15, -0.1) is 0 Å². The first-order valence-corrected chi connectivity index (χ1v) is 7.39. The lowest BCUT2D eigenvalue weighted by Gasteiger charge is -2.10. The monoisotopic (exact) mass is 371 g/mol. The molecule has 2 aromatic rings. The van der Waals surface area contributed by atoms with Crippen LogP contribution in [0.5, 0.6) is 0 Å². The second kappa shape index (κ2) is 5.89. The Hall–Kier alpha value is -0.810. The fourth-order valence-corrected chi connectivity index (χ4v) is 3.16. The van der Waals surface area contributed by atoms with Crippen molar-refractivity contribution in [2.75, 3.05) is 5.32 Å². The highest BCUT2D eigenvalue weighted by molar-refractivity contribution is 9.11. The maximum Gasteiger partial charge on any atom is 0.0671 e. The van der Waals surface area contributed by atoms with Crippen LogP contribution in [0.1, 0.15) is 18.2 Å². The second-order valence-corrected chi connectivity index (χ2v) is 5.79. The number of aryl methyl sites for hydroxylation is 2. The summed E-state index contributed by atoms with van der Waals surface area (Å²) < 4.78 is 3.97. The van der Waals surface area contributed by atoms with Gasteiger partial charge < -0.3 is 5.32 Å². The van der Waals surface area contributed by atoms with Crippen molar-refractivity contribution in [3.63, 3.8) is 0 Å². The van der Waals surface area contributed by atoms with E-state index in [4.69, 9.17) is 0 Å². The van der Waals surface area contributed by atoms with Crippen LogP contribution in [0.15, 0.2) is 33.3 Å². The number of anilines is 1. The normalized spacial score (nSPS) is 10.7. The third kappa shape index (κ3) is 2.95. The molecule has 0 atom stereocenters. The SMILES string of the molecule is CCc1nn(C)cc1CNc1c(Br)cccc1Br. The number of benzene rings is 1. The van der Waals surface area contributed by atoms with Crippen molar-refractivity contribution in [1.82, 2.24) is 9.78 Å². The van der Waals surface area contributed by atoms with Gasteiger partial charge in [0.25, 0.3) is 0 Å². The Morgan fingerprint density at radius 2 is 1.94 bits per heavy atom. The van der Waals surface area contributed by atoms with Crippen molar-refractivity contribution in [3.8, 4) is 0 Å². The van der Waals surface area contributed by atoms with E-state index in [2.05, 4.69) is 55.4 Å². The van der Waals surface area contributed by atoms with Gasteiger partial charge in [-0.1, -0.05) is 13.0 Å². The number of halogens is 2. The zero-order valence-electron chi connectivity index (χ0n) is 10.4. The van der Waals surface area contributed by atoms with E-state index in [0.29, 0.717) is 0 Å². The maximum absolute atomic E-state index is 4.44. The lowest BCUT2D eigenvalue weighted by atomic mass is 10.2. The molecule has 3 nitrogen and oxygen atoms in total. The molecule has 96 valence electrons. The minimum absolute atomic E-state index is 0.776. The maximum atomic E-state index is 4.44. The molecule has 0 bridgehead atoms. The first kappa shape index (κ1) is 13.6. The molecule has 0 amide bonds. The number of aromatic nitrogens is 2. The quantitative estimate of drug-likeness (QED) is 0.874. The molecule has 2 rings (SSSR count). The third-order valence-electron chi connectivity index (χ3n) is 2.75. The van der Waals surface area contributed by atoms with E-state index in [-0.39, 0.29) is 0 Å². The Kier molecular flexibility index (Phi) is 4.45. The molecule has 0 aliphatic rings. The largest absolute Gasteiger partial charge is 0.379 e. The lowest BCUT2D eigenvalue weighted by Crippen LogP contribution is -2.02. The topological polar surface area (TPSA) is 29.9 Å². The molecule has 0 saturated carbocycles. The third-order valence-corrected chi connectivity index (χ3v) is 4.07. The zero-order chi connectivity index (χ0) is 13.1. The van der Waals surface area contributed by atoms with Gasteiger partial charge in [0.05, 0.1) is 11.4 Å². The molecule has 0 saturated heterocycles. The Balaban J connectivity index is 2.16. The number of hydrogen-bond donors (Lipinski definition) is 1. The summed E-state index contributed by atoms with van der Waals surface area (Å²) in [4.78, 5) is 0. The lowest BCUT2D eigenvalue weighted by molar-refractivity contribution is 0.746. The first-order chi connectivity index (χ1) is 8.61. The molecule has 0 aliphatic carbocycles. The molecule has 1 aromatic heterocycles. The van der Waals surface area contributed by atoms with Crippen LogP contribution in [-0.2, 0) is 20.0 Å². The summed E-state index contributed by atoms with van der Waals surface area (Å²) >= 11 is 7.10. The Morgan fingerprint density at radius 1 is 1.28 bits per heavy atom. The highest BCUT2D eigenvalue weighted by atomic mass is 79.9. The van der Waals surface area contributed by atoms with Crippen LogP contribution in [0.3, 0.4) is 0 Å². The molecule has 0 unspecified atom stereocenters. The van der Waals surface area contributed by atoms with Crippen molar-refractivity contribution in [2.45, 2.75) is 19.9 Å². The van der Waals surface area contributed by atoms with Crippen LogP contribution < -0.4 is 5.32 Å². The average molecular weight is 373 g/mol. The Labute approximate surface area is 124 Å². The predicted octanol–water partition coefficient (Wildman–Crippen LogP) is 4.12. The van der Waals surface area contributed by atoms with Gasteiger partial charge in [0, 0.05) is 34.3 Å². The van der Waals surface area contributed by atoms with E-state index in [1.165, 1.54) is 5.56 Å². The van der Waals surface area contributed by atoms with E-state index in [0.717, 1.165) is 33.3 Å². The number of rotatable bonds is 4. The van der Waals surface area contributed by atoms with Crippen molar-refractivity contribution < 1.29 is 0 Å². The standard InChI is InChI=1S/C13H15Br2N3/c1-3-12-9(8-18(2)17-12)7-16-13-10(14)5-4-6-11(13)15/h4-6,8,16H,3,7H2,1-2H3. The van der Waals surface area contributed by atoms with Gasteiger partial charge in [-0.25, -0.2) is 0 Å². The molecule has 0 spiro atoms. The second-order valence-electron chi connectivity index (χ2n) is 4.08. The predicted molar refractivity (Wildman–Crippen MR) is 81.8 cm³/mol. The van der Waals surface area contributed by atoms with Crippen LogP contribution >= 0.6 is 31.9 Å². The molecule has 0 fully saturated rings. The van der Waals surface area contributed by atoms with Crippen molar-refractivity contribution in [2.24, 2.45) is 7.05 Å². The molecule has 0 aliphatic heterocycles. The summed E-state index contributed by atoms with van der Waals surface area (Å²) in [7, 11) is 1.96.